The molecule has 0 saturated carbocycles. The maximum atomic E-state index is 9.75. The van der Waals surface area contributed by atoms with E-state index in [1.165, 1.54) is 46.4 Å². The molecule has 0 saturated heterocycles. The van der Waals surface area contributed by atoms with Crippen molar-refractivity contribution in [3.8, 4) is 0 Å². The van der Waals surface area contributed by atoms with Gasteiger partial charge in [0.05, 0.1) is 0 Å². The SMILES string of the molecule is CC(C)(O)N(C(C)(C)O)C(C)(C)O.[H-].[K+]. The molecule has 5 heteroatoms. The Bertz CT molecular complexity index is 148. The van der Waals surface area contributed by atoms with E-state index < -0.39 is 17.2 Å². The summed E-state index contributed by atoms with van der Waals surface area (Å²) >= 11 is 0. The first-order chi connectivity index (χ1) is 5.37. The van der Waals surface area contributed by atoms with Gasteiger partial charge in [0.1, 0.15) is 17.2 Å². The Labute approximate surface area is 130 Å². The second kappa shape index (κ2) is 5.20. The molecule has 14 heavy (non-hydrogen) atoms. The van der Waals surface area contributed by atoms with Crippen LogP contribution in [0.5, 0.6) is 0 Å². The van der Waals surface area contributed by atoms with Gasteiger partial charge >= 0.3 is 51.4 Å². The van der Waals surface area contributed by atoms with Gasteiger partial charge in [-0.05, 0) is 41.5 Å². The second-order valence-electron chi connectivity index (χ2n) is 4.82. The Hall–Kier alpha value is 1.48. The maximum absolute atomic E-state index is 9.75. The Morgan fingerprint density at radius 3 is 0.857 bits per heavy atom. The molecule has 0 aromatic heterocycles. The summed E-state index contributed by atoms with van der Waals surface area (Å²) in [5.41, 5.74) is -3.84. The zero-order valence-electron chi connectivity index (χ0n) is 11.3. The first-order valence-electron chi connectivity index (χ1n) is 4.34. The molecule has 0 atom stereocenters. The minimum Gasteiger partial charge on any atom is -1.00 e. The van der Waals surface area contributed by atoms with Crippen molar-refractivity contribution < 1.29 is 68.1 Å². The molecular formula is C9H22KNO3. The largest absolute Gasteiger partial charge is 1.00 e. The molecule has 82 valence electrons. The fraction of sp³-hybridized carbons (Fsp3) is 1.00. The average Bonchev–Trinajstić information content (AvgIpc) is 1.44. The molecule has 0 aromatic carbocycles. The first kappa shape index (κ1) is 17.9. The van der Waals surface area contributed by atoms with Gasteiger partial charge in [-0.15, -0.1) is 0 Å². The summed E-state index contributed by atoms with van der Waals surface area (Å²) in [4.78, 5) is 1.23. The van der Waals surface area contributed by atoms with E-state index in [1.807, 2.05) is 0 Å². The van der Waals surface area contributed by atoms with Gasteiger partial charge in [-0.1, -0.05) is 0 Å². The predicted octanol–water partition coefficient (Wildman–Crippen LogP) is -2.41. The predicted molar refractivity (Wildman–Crippen MR) is 51.8 cm³/mol. The fourth-order valence-electron chi connectivity index (χ4n) is 2.01. The minimum atomic E-state index is -1.28. The van der Waals surface area contributed by atoms with Gasteiger partial charge in [0.2, 0.25) is 0 Å². The third-order valence-corrected chi connectivity index (χ3v) is 1.64. The van der Waals surface area contributed by atoms with Crippen molar-refractivity contribution >= 4 is 0 Å². The summed E-state index contributed by atoms with van der Waals surface area (Å²) in [5.74, 6) is 0. The molecule has 0 amide bonds. The molecule has 0 bridgehead atoms. The number of hydrogen-bond acceptors (Lipinski definition) is 4. The third kappa shape index (κ3) is 5.53. The van der Waals surface area contributed by atoms with E-state index in [2.05, 4.69) is 0 Å². The van der Waals surface area contributed by atoms with E-state index >= 15 is 0 Å². The normalized spacial score (nSPS) is 14.1. The van der Waals surface area contributed by atoms with Gasteiger partial charge in [0, 0.05) is 0 Å². The van der Waals surface area contributed by atoms with Crippen LogP contribution >= 0.6 is 0 Å². The zero-order valence-corrected chi connectivity index (χ0v) is 13.4. The van der Waals surface area contributed by atoms with Crippen LogP contribution < -0.4 is 51.4 Å². The molecule has 0 aliphatic heterocycles. The van der Waals surface area contributed by atoms with Crippen molar-refractivity contribution in [2.24, 2.45) is 0 Å². The Morgan fingerprint density at radius 2 is 0.857 bits per heavy atom. The summed E-state index contributed by atoms with van der Waals surface area (Å²) in [5, 5.41) is 29.3. The van der Waals surface area contributed by atoms with E-state index in [-0.39, 0.29) is 52.8 Å². The molecule has 0 heterocycles. The summed E-state index contributed by atoms with van der Waals surface area (Å²) < 4.78 is 0. The van der Waals surface area contributed by atoms with Crippen molar-refractivity contribution in [1.29, 1.82) is 0 Å². The smallest absolute Gasteiger partial charge is 1.00 e. The summed E-state index contributed by atoms with van der Waals surface area (Å²) in [6.45, 7) is 9.10. The quantitative estimate of drug-likeness (QED) is 0.374. The molecule has 0 radical (unpaired) electrons. The van der Waals surface area contributed by atoms with Gasteiger partial charge in [-0.25, -0.2) is 4.90 Å². The van der Waals surface area contributed by atoms with Crippen LogP contribution in [0, 0.1) is 0 Å². The summed E-state index contributed by atoms with van der Waals surface area (Å²) in [6, 6.07) is 0. The van der Waals surface area contributed by atoms with Crippen molar-refractivity contribution in [3.05, 3.63) is 0 Å². The number of nitrogens with zero attached hydrogens (tertiary/aromatic N) is 1. The van der Waals surface area contributed by atoms with Crippen LogP contribution in [0.2, 0.25) is 0 Å². The first-order valence-corrected chi connectivity index (χ1v) is 4.34. The molecule has 0 aliphatic carbocycles. The Balaban J connectivity index is -0.000000720. The molecule has 0 aliphatic rings. The fourth-order valence-corrected chi connectivity index (χ4v) is 2.01. The molecular weight excluding hydrogens is 209 g/mol. The average molecular weight is 231 g/mol. The zero-order chi connectivity index (χ0) is 11.1. The van der Waals surface area contributed by atoms with Crippen LogP contribution in [0.25, 0.3) is 0 Å². The standard InChI is InChI=1S/C9H21NO3.K.H/c1-7(2,11)10(8(3,4)12)9(5,6)13;;/h11-13H,1-6H3;;/q;+1;-1. The molecule has 0 spiro atoms. The van der Waals surface area contributed by atoms with Gasteiger partial charge in [-0.2, -0.15) is 0 Å². The van der Waals surface area contributed by atoms with E-state index in [9.17, 15) is 15.3 Å². The van der Waals surface area contributed by atoms with Crippen molar-refractivity contribution in [3.63, 3.8) is 0 Å². The van der Waals surface area contributed by atoms with Crippen LogP contribution in [0.3, 0.4) is 0 Å². The molecule has 3 N–H and O–H groups in total. The Kier molecular flexibility index (Phi) is 6.64. The van der Waals surface area contributed by atoms with Crippen molar-refractivity contribution in [2.75, 3.05) is 0 Å². The van der Waals surface area contributed by atoms with E-state index in [1.54, 1.807) is 0 Å². The van der Waals surface area contributed by atoms with Crippen LogP contribution in [-0.4, -0.2) is 37.4 Å². The Morgan fingerprint density at radius 1 is 0.714 bits per heavy atom. The van der Waals surface area contributed by atoms with E-state index in [4.69, 9.17) is 0 Å². The topological polar surface area (TPSA) is 63.9 Å². The molecule has 0 rings (SSSR count). The van der Waals surface area contributed by atoms with E-state index in [0.717, 1.165) is 0 Å². The van der Waals surface area contributed by atoms with Gasteiger partial charge in [0.15, 0.2) is 0 Å². The third-order valence-electron chi connectivity index (χ3n) is 1.64. The summed E-state index contributed by atoms with van der Waals surface area (Å²) in [7, 11) is 0. The number of aliphatic hydroxyl groups is 3. The monoisotopic (exact) mass is 231 g/mol. The second-order valence-corrected chi connectivity index (χ2v) is 4.82. The van der Waals surface area contributed by atoms with Crippen LogP contribution in [0.15, 0.2) is 0 Å². The molecule has 4 nitrogen and oxygen atoms in total. The van der Waals surface area contributed by atoms with E-state index in [0.29, 0.717) is 0 Å². The van der Waals surface area contributed by atoms with Crippen LogP contribution in [0.1, 0.15) is 43.0 Å². The van der Waals surface area contributed by atoms with Gasteiger partial charge in [-0.3, -0.25) is 0 Å². The number of hydrogen-bond donors (Lipinski definition) is 3. The van der Waals surface area contributed by atoms with Crippen molar-refractivity contribution in [2.45, 2.75) is 58.7 Å². The van der Waals surface area contributed by atoms with Crippen LogP contribution in [0.4, 0.5) is 0 Å². The molecule has 0 aromatic rings. The van der Waals surface area contributed by atoms with Gasteiger partial charge < -0.3 is 16.7 Å². The minimum absolute atomic E-state index is 0. The number of rotatable bonds is 3. The van der Waals surface area contributed by atoms with Gasteiger partial charge in [0.25, 0.3) is 0 Å². The van der Waals surface area contributed by atoms with Crippen LogP contribution in [-0.2, 0) is 0 Å². The molecule has 0 fully saturated rings. The summed E-state index contributed by atoms with van der Waals surface area (Å²) in [6.07, 6.45) is 0. The van der Waals surface area contributed by atoms with Crippen molar-refractivity contribution in [1.82, 2.24) is 4.90 Å². The maximum Gasteiger partial charge on any atom is 1.00 e. The molecule has 0 unspecified atom stereocenters.